The number of carbonyl (C=O) groups excluding carboxylic acids is 1. The second-order valence-corrected chi connectivity index (χ2v) is 6.66. The zero-order valence-corrected chi connectivity index (χ0v) is 14.6. The Kier molecular flexibility index (Phi) is 4.24. The van der Waals surface area contributed by atoms with Crippen LogP contribution in [-0.4, -0.2) is 23.6 Å². The molecule has 0 aliphatic carbocycles. The number of hydrogen-bond donors (Lipinski definition) is 2. The van der Waals surface area contributed by atoms with Crippen LogP contribution in [0, 0.1) is 0 Å². The molecule has 2 heterocycles. The van der Waals surface area contributed by atoms with Crippen LogP contribution in [0.4, 0.5) is 0 Å². The number of carbonyl (C=O) groups is 1. The highest BCUT2D eigenvalue weighted by Gasteiger charge is 2.34. The predicted molar refractivity (Wildman–Crippen MR) is 98.9 cm³/mol. The second-order valence-electron chi connectivity index (χ2n) is 6.23. The third-order valence-corrected chi connectivity index (χ3v) is 4.91. The van der Waals surface area contributed by atoms with Gasteiger partial charge in [0.15, 0.2) is 0 Å². The van der Waals surface area contributed by atoms with Gasteiger partial charge in [-0.2, -0.15) is 0 Å². The van der Waals surface area contributed by atoms with Crippen molar-refractivity contribution in [1.29, 1.82) is 0 Å². The predicted octanol–water partition coefficient (Wildman–Crippen LogP) is 3.99. The Labute approximate surface area is 151 Å². The summed E-state index contributed by atoms with van der Waals surface area (Å²) in [5, 5.41) is 5.21. The third-order valence-electron chi connectivity index (χ3n) is 4.67. The fourth-order valence-electron chi connectivity index (χ4n) is 3.56. The van der Waals surface area contributed by atoms with Gasteiger partial charge in [-0.1, -0.05) is 41.9 Å². The van der Waals surface area contributed by atoms with Crippen molar-refractivity contribution in [2.75, 3.05) is 6.61 Å². The van der Waals surface area contributed by atoms with E-state index in [-0.39, 0.29) is 18.1 Å². The van der Waals surface area contributed by atoms with E-state index in [0.717, 1.165) is 27.7 Å². The van der Waals surface area contributed by atoms with Crippen LogP contribution in [0.2, 0.25) is 5.02 Å². The molecule has 2 aromatic carbocycles. The van der Waals surface area contributed by atoms with E-state index in [9.17, 15) is 4.79 Å². The number of H-pyrrole nitrogens is 1. The smallest absolute Gasteiger partial charge is 0.323 e. The quantitative estimate of drug-likeness (QED) is 0.699. The Balaban J connectivity index is 1.85. The number of halogens is 1. The van der Waals surface area contributed by atoms with E-state index in [1.807, 2.05) is 43.3 Å². The SMILES string of the molecule is CCOC(=O)C1Cc2c([nH]c3ccc(Cl)cc23)C(c2ccccc2)N1. The van der Waals surface area contributed by atoms with Crippen LogP contribution >= 0.6 is 11.6 Å². The maximum atomic E-state index is 12.4. The van der Waals surface area contributed by atoms with Crippen molar-refractivity contribution < 1.29 is 9.53 Å². The van der Waals surface area contributed by atoms with Gasteiger partial charge >= 0.3 is 5.97 Å². The highest BCUT2D eigenvalue weighted by atomic mass is 35.5. The maximum Gasteiger partial charge on any atom is 0.323 e. The minimum absolute atomic E-state index is 0.0921. The lowest BCUT2D eigenvalue weighted by Gasteiger charge is -2.30. The summed E-state index contributed by atoms with van der Waals surface area (Å²) in [6, 6.07) is 15.5. The highest BCUT2D eigenvalue weighted by Crippen LogP contribution is 2.36. The topological polar surface area (TPSA) is 54.1 Å². The van der Waals surface area contributed by atoms with Crippen molar-refractivity contribution >= 4 is 28.5 Å². The van der Waals surface area contributed by atoms with Gasteiger partial charge in [0.05, 0.1) is 12.6 Å². The lowest BCUT2D eigenvalue weighted by molar-refractivity contribution is -0.146. The highest BCUT2D eigenvalue weighted by molar-refractivity contribution is 6.31. The number of benzene rings is 2. The van der Waals surface area contributed by atoms with Gasteiger partial charge in [-0.25, -0.2) is 0 Å². The molecule has 128 valence electrons. The van der Waals surface area contributed by atoms with Crippen molar-refractivity contribution in [2.24, 2.45) is 0 Å². The first-order chi connectivity index (χ1) is 12.2. The van der Waals surface area contributed by atoms with Gasteiger partial charge in [0.1, 0.15) is 6.04 Å². The molecule has 2 N–H and O–H groups in total. The zero-order chi connectivity index (χ0) is 17.4. The van der Waals surface area contributed by atoms with Gasteiger partial charge < -0.3 is 9.72 Å². The normalized spacial score (nSPS) is 19.6. The molecule has 4 rings (SSSR count). The molecule has 0 saturated heterocycles. The number of aromatic nitrogens is 1. The molecule has 25 heavy (non-hydrogen) atoms. The Morgan fingerprint density at radius 1 is 1.24 bits per heavy atom. The molecule has 1 aliphatic rings. The summed E-state index contributed by atoms with van der Waals surface area (Å²) in [6.07, 6.45) is 0.581. The largest absolute Gasteiger partial charge is 0.465 e. The van der Waals surface area contributed by atoms with Crippen LogP contribution in [0.15, 0.2) is 48.5 Å². The first-order valence-corrected chi connectivity index (χ1v) is 8.82. The van der Waals surface area contributed by atoms with Crippen LogP contribution in [0.5, 0.6) is 0 Å². The molecule has 0 fully saturated rings. The fourth-order valence-corrected chi connectivity index (χ4v) is 3.73. The summed E-state index contributed by atoms with van der Waals surface area (Å²) in [7, 11) is 0. The van der Waals surface area contributed by atoms with Crippen molar-refractivity contribution in [2.45, 2.75) is 25.4 Å². The first-order valence-electron chi connectivity index (χ1n) is 8.45. The zero-order valence-electron chi connectivity index (χ0n) is 13.9. The van der Waals surface area contributed by atoms with Gasteiger partial charge in [-0.05, 0) is 36.2 Å². The van der Waals surface area contributed by atoms with Crippen molar-refractivity contribution in [1.82, 2.24) is 10.3 Å². The van der Waals surface area contributed by atoms with E-state index in [1.54, 1.807) is 0 Å². The van der Waals surface area contributed by atoms with Gasteiger partial charge in [0.25, 0.3) is 0 Å². The summed E-state index contributed by atoms with van der Waals surface area (Å²) in [5.41, 5.74) is 4.35. The van der Waals surface area contributed by atoms with E-state index >= 15 is 0 Å². The summed E-state index contributed by atoms with van der Waals surface area (Å²) in [4.78, 5) is 15.9. The Hall–Kier alpha value is -2.30. The van der Waals surface area contributed by atoms with Crippen molar-refractivity contribution in [3.05, 3.63) is 70.4 Å². The molecule has 0 bridgehead atoms. The minimum Gasteiger partial charge on any atom is -0.465 e. The molecule has 0 spiro atoms. The van der Waals surface area contributed by atoms with Crippen molar-refractivity contribution in [3.63, 3.8) is 0 Å². The molecule has 0 radical (unpaired) electrons. The molecule has 1 aliphatic heterocycles. The van der Waals surface area contributed by atoms with Gasteiger partial charge in [0.2, 0.25) is 0 Å². The van der Waals surface area contributed by atoms with Crippen LogP contribution in [0.3, 0.4) is 0 Å². The van der Waals surface area contributed by atoms with E-state index in [4.69, 9.17) is 16.3 Å². The van der Waals surface area contributed by atoms with E-state index in [0.29, 0.717) is 18.1 Å². The summed E-state index contributed by atoms with van der Waals surface area (Å²) < 4.78 is 5.26. The van der Waals surface area contributed by atoms with Gasteiger partial charge in [-0.15, -0.1) is 0 Å². The molecular weight excluding hydrogens is 336 g/mol. The summed E-state index contributed by atoms with van der Waals surface area (Å²) >= 11 is 6.20. The first kappa shape index (κ1) is 16.2. The van der Waals surface area contributed by atoms with Crippen LogP contribution in [0.1, 0.15) is 29.8 Å². The molecule has 1 aromatic heterocycles. The van der Waals surface area contributed by atoms with Crippen LogP contribution in [-0.2, 0) is 16.0 Å². The van der Waals surface area contributed by atoms with Gasteiger partial charge in [-0.3, -0.25) is 10.1 Å². The Morgan fingerprint density at radius 2 is 2.04 bits per heavy atom. The number of esters is 1. The molecule has 2 atom stereocenters. The van der Waals surface area contributed by atoms with E-state index in [1.165, 1.54) is 0 Å². The van der Waals surface area contributed by atoms with Crippen LogP contribution < -0.4 is 5.32 Å². The number of fused-ring (bicyclic) bond motifs is 3. The van der Waals surface area contributed by atoms with E-state index < -0.39 is 0 Å². The molecular formula is C20H19ClN2O2. The molecule has 2 unspecified atom stereocenters. The lowest BCUT2D eigenvalue weighted by Crippen LogP contribution is -2.45. The number of rotatable bonds is 3. The van der Waals surface area contributed by atoms with Gasteiger partial charge in [0, 0.05) is 28.0 Å². The monoisotopic (exact) mass is 354 g/mol. The molecule has 3 aromatic rings. The average molecular weight is 355 g/mol. The standard InChI is InChI=1S/C20H19ClN2O2/c1-2-25-20(24)17-11-15-14-10-13(21)8-9-16(14)22-19(15)18(23-17)12-6-4-3-5-7-12/h3-10,17-18,22-23H,2,11H2,1H3. The number of nitrogens with one attached hydrogen (secondary N) is 2. The second kappa shape index (κ2) is 6.54. The number of ether oxygens (including phenoxy) is 1. The van der Waals surface area contributed by atoms with E-state index in [2.05, 4.69) is 22.4 Å². The average Bonchev–Trinajstić information content (AvgIpc) is 3.00. The molecule has 4 nitrogen and oxygen atoms in total. The maximum absolute atomic E-state index is 12.4. The third kappa shape index (κ3) is 2.92. The lowest BCUT2D eigenvalue weighted by atomic mass is 9.90. The molecule has 0 saturated carbocycles. The summed E-state index contributed by atoms with van der Waals surface area (Å²) in [5.74, 6) is -0.217. The molecule has 5 heteroatoms. The summed E-state index contributed by atoms with van der Waals surface area (Å²) in [6.45, 7) is 2.20. The molecule has 0 amide bonds. The minimum atomic E-state index is -0.379. The van der Waals surface area contributed by atoms with Crippen molar-refractivity contribution in [3.8, 4) is 0 Å². The Morgan fingerprint density at radius 3 is 2.80 bits per heavy atom. The number of aromatic amines is 1. The fraction of sp³-hybridized carbons (Fsp3) is 0.250. The van der Waals surface area contributed by atoms with Crippen LogP contribution in [0.25, 0.3) is 10.9 Å². The Bertz CT molecular complexity index is 920. The number of hydrogen-bond acceptors (Lipinski definition) is 3.